The average molecular weight is 315 g/mol. The maximum absolute atomic E-state index is 11.8. The van der Waals surface area contributed by atoms with Crippen LogP contribution in [0.15, 0.2) is 22.7 Å². The Morgan fingerprint density at radius 2 is 2.00 bits per heavy atom. The molecule has 0 fully saturated rings. The van der Waals surface area contributed by atoms with Crippen molar-refractivity contribution in [3.8, 4) is 0 Å². The Balaban J connectivity index is 2.76. The number of anilines is 1. The number of ether oxygens (including phenoxy) is 1. The first-order valence-corrected chi connectivity index (χ1v) is 6.09. The highest BCUT2D eigenvalue weighted by Crippen LogP contribution is 2.20. The van der Waals surface area contributed by atoms with Gasteiger partial charge in [0.25, 0.3) is 5.91 Å². The van der Waals surface area contributed by atoms with Gasteiger partial charge >= 0.3 is 5.97 Å². The third kappa shape index (κ3) is 3.46. The Kier molecular flexibility index (Phi) is 4.72. The van der Waals surface area contributed by atoms with E-state index in [0.717, 1.165) is 0 Å². The van der Waals surface area contributed by atoms with Crippen LogP contribution >= 0.6 is 15.9 Å². The van der Waals surface area contributed by atoms with Crippen LogP contribution in [0.1, 0.15) is 17.3 Å². The first-order valence-electron chi connectivity index (χ1n) is 5.30. The van der Waals surface area contributed by atoms with Gasteiger partial charge in [-0.25, -0.2) is 4.79 Å². The molecule has 0 saturated heterocycles. The molecule has 1 atom stereocenters. The van der Waals surface area contributed by atoms with E-state index in [2.05, 4.69) is 15.9 Å². The Hall–Kier alpha value is -1.56. The van der Waals surface area contributed by atoms with E-state index in [0.29, 0.717) is 15.7 Å². The van der Waals surface area contributed by atoms with Crippen molar-refractivity contribution in [1.29, 1.82) is 0 Å². The molecule has 1 amide bonds. The Morgan fingerprint density at radius 3 is 2.50 bits per heavy atom. The number of carbonyl (C=O) groups is 2. The number of hydrogen-bond donors (Lipinski definition) is 1. The molecule has 0 spiro atoms. The topological polar surface area (TPSA) is 72.6 Å². The molecule has 0 heterocycles. The summed E-state index contributed by atoms with van der Waals surface area (Å²) in [5, 5.41) is 0. The molecule has 0 aliphatic heterocycles. The van der Waals surface area contributed by atoms with Crippen LogP contribution < -0.4 is 5.73 Å². The molecular formula is C12H15BrN2O3. The predicted octanol–water partition coefficient (Wildman–Crippen LogP) is 1.66. The van der Waals surface area contributed by atoms with Gasteiger partial charge in [-0.15, -0.1) is 0 Å². The predicted molar refractivity (Wildman–Crippen MR) is 72.1 cm³/mol. The van der Waals surface area contributed by atoms with Crippen molar-refractivity contribution in [3.63, 3.8) is 0 Å². The number of benzene rings is 1. The van der Waals surface area contributed by atoms with Crippen LogP contribution in [0.5, 0.6) is 0 Å². The molecule has 1 rings (SSSR count). The lowest BCUT2D eigenvalue weighted by Crippen LogP contribution is -2.34. The summed E-state index contributed by atoms with van der Waals surface area (Å²) in [4.78, 5) is 24.7. The highest BCUT2D eigenvalue weighted by atomic mass is 79.9. The number of carbonyl (C=O) groups excluding carboxylic acids is 2. The minimum Gasteiger partial charge on any atom is -0.449 e. The monoisotopic (exact) mass is 314 g/mol. The summed E-state index contributed by atoms with van der Waals surface area (Å²) in [5.74, 6) is -0.842. The fourth-order valence-electron chi connectivity index (χ4n) is 1.31. The number of nitrogens with zero attached hydrogens (tertiary/aromatic N) is 1. The summed E-state index contributed by atoms with van der Waals surface area (Å²) in [5.41, 5.74) is 6.42. The highest BCUT2D eigenvalue weighted by molar-refractivity contribution is 9.10. The first kappa shape index (κ1) is 14.5. The molecule has 1 aromatic rings. The van der Waals surface area contributed by atoms with E-state index in [4.69, 9.17) is 10.5 Å². The van der Waals surface area contributed by atoms with Gasteiger partial charge in [-0.2, -0.15) is 0 Å². The van der Waals surface area contributed by atoms with Crippen LogP contribution in [0.2, 0.25) is 0 Å². The van der Waals surface area contributed by atoms with Gasteiger partial charge < -0.3 is 15.4 Å². The zero-order valence-electron chi connectivity index (χ0n) is 10.4. The lowest BCUT2D eigenvalue weighted by Gasteiger charge is -2.17. The number of rotatable bonds is 3. The molecule has 0 saturated carbocycles. The van der Waals surface area contributed by atoms with Crippen molar-refractivity contribution in [2.24, 2.45) is 0 Å². The summed E-state index contributed by atoms with van der Waals surface area (Å²) in [6.45, 7) is 1.53. The minimum absolute atomic E-state index is 0.270. The molecule has 6 heteroatoms. The van der Waals surface area contributed by atoms with Gasteiger partial charge in [0.15, 0.2) is 6.10 Å². The highest BCUT2D eigenvalue weighted by Gasteiger charge is 2.20. The van der Waals surface area contributed by atoms with E-state index in [1.165, 1.54) is 17.9 Å². The number of esters is 1. The van der Waals surface area contributed by atoms with Gasteiger partial charge in [0.1, 0.15) is 0 Å². The minimum atomic E-state index is -0.822. The van der Waals surface area contributed by atoms with Crippen LogP contribution in [0.3, 0.4) is 0 Å². The van der Waals surface area contributed by atoms with Crippen molar-refractivity contribution >= 4 is 33.5 Å². The van der Waals surface area contributed by atoms with E-state index in [-0.39, 0.29) is 5.91 Å². The van der Waals surface area contributed by atoms with Gasteiger partial charge in [-0.3, -0.25) is 4.79 Å². The Bertz CT molecular complexity index is 474. The van der Waals surface area contributed by atoms with Crippen molar-refractivity contribution in [3.05, 3.63) is 28.2 Å². The number of hydrogen-bond acceptors (Lipinski definition) is 4. The standard InChI is InChI=1S/C12H15BrN2O3/c1-7(11(16)15(2)3)18-12(17)8-4-5-9(13)10(14)6-8/h4-7H,14H2,1-3H3. The number of nitrogen functional groups attached to an aromatic ring is 1. The van der Waals surface area contributed by atoms with E-state index in [9.17, 15) is 9.59 Å². The van der Waals surface area contributed by atoms with Crippen LogP contribution in [-0.4, -0.2) is 37.0 Å². The molecule has 0 aromatic heterocycles. The van der Waals surface area contributed by atoms with Gasteiger partial charge in [0, 0.05) is 24.3 Å². The average Bonchev–Trinajstić information content (AvgIpc) is 2.31. The number of nitrogens with two attached hydrogens (primary N) is 1. The Morgan fingerprint density at radius 1 is 1.39 bits per heavy atom. The number of halogens is 1. The zero-order chi connectivity index (χ0) is 13.9. The summed E-state index contributed by atoms with van der Waals surface area (Å²) < 4.78 is 5.76. The van der Waals surface area contributed by atoms with Crippen LogP contribution in [0.25, 0.3) is 0 Å². The van der Waals surface area contributed by atoms with Crippen LogP contribution in [-0.2, 0) is 9.53 Å². The van der Waals surface area contributed by atoms with Gasteiger partial charge in [-0.1, -0.05) is 0 Å². The van der Waals surface area contributed by atoms with E-state index in [1.807, 2.05) is 0 Å². The van der Waals surface area contributed by atoms with Gasteiger partial charge in [0.2, 0.25) is 0 Å². The van der Waals surface area contributed by atoms with Crippen molar-refractivity contribution in [2.75, 3.05) is 19.8 Å². The quantitative estimate of drug-likeness (QED) is 0.680. The molecule has 18 heavy (non-hydrogen) atoms. The molecule has 5 nitrogen and oxygen atoms in total. The molecule has 1 aromatic carbocycles. The van der Waals surface area contributed by atoms with Crippen LogP contribution in [0.4, 0.5) is 5.69 Å². The molecule has 0 aliphatic carbocycles. The first-order chi connectivity index (χ1) is 8.32. The summed E-state index contributed by atoms with van der Waals surface area (Å²) in [7, 11) is 3.20. The molecule has 0 aliphatic rings. The molecule has 0 bridgehead atoms. The van der Waals surface area contributed by atoms with E-state index < -0.39 is 12.1 Å². The Labute approximate surface area is 114 Å². The fraction of sp³-hybridized carbons (Fsp3) is 0.333. The second kappa shape index (κ2) is 5.86. The molecular weight excluding hydrogens is 300 g/mol. The molecule has 2 N–H and O–H groups in total. The molecule has 98 valence electrons. The van der Waals surface area contributed by atoms with Crippen LogP contribution in [0, 0.1) is 0 Å². The number of amides is 1. The second-order valence-corrected chi connectivity index (χ2v) is 4.87. The van der Waals surface area contributed by atoms with Crippen molar-refractivity contribution in [1.82, 2.24) is 4.90 Å². The van der Waals surface area contributed by atoms with Crippen molar-refractivity contribution in [2.45, 2.75) is 13.0 Å². The largest absolute Gasteiger partial charge is 0.449 e. The third-order valence-electron chi connectivity index (χ3n) is 2.30. The van der Waals surface area contributed by atoms with E-state index >= 15 is 0 Å². The molecule has 1 unspecified atom stereocenters. The zero-order valence-corrected chi connectivity index (χ0v) is 12.0. The number of likely N-dealkylation sites (N-methyl/N-ethyl adjacent to an activating group) is 1. The third-order valence-corrected chi connectivity index (χ3v) is 3.03. The lowest BCUT2D eigenvalue weighted by atomic mass is 10.2. The van der Waals surface area contributed by atoms with Crippen molar-refractivity contribution < 1.29 is 14.3 Å². The maximum atomic E-state index is 11.8. The van der Waals surface area contributed by atoms with E-state index in [1.54, 1.807) is 26.2 Å². The lowest BCUT2D eigenvalue weighted by molar-refractivity contribution is -0.137. The van der Waals surface area contributed by atoms with Gasteiger partial charge in [0.05, 0.1) is 5.56 Å². The second-order valence-electron chi connectivity index (χ2n) is 4.02. The summed E-state index contributed by atoms with van der Waals surface area (Å²) in [6.07, 6.45) is -0.822. The summed E-state index contributed by atoms with van der Waals surface area (Å²) in [6, 6.07) is 4.74. The molecule has 0 radical (unpaired) electrons. The smallest absolute Gasteiger partial charge is 0.338 e. The fourth-order valence-corrected chi connectivity index (χ4v) is 1.56. The van der Waals surface area contributed by atoms with Gasteiger partial charge in [-0.05, 0) is 41.1 Å². The maximum Gasteiger partial charge on any atom is 0.338 e. The summed E-state index contributed by atoms with van der Waals surface area (Å²) >= 11 is 3.23. The SMILES string of the molecule is CC(OC(=O)c1ccc(Br)c(N)c1)C(=O)N(C)C. The normalized spacial score (nSPS) is 11.8.